The zero-order valence-corrected chi connectivity index (χ0v) is 16.7. The number of hydrogen-bond acceptors (Lipinski definition) is 4. The van der Waals surface area contributed by atoms with E-state index in [0.717, 1.165) is 24.2 Å². The summed E-state index contributed by atoms with van der Waals surface area (Å²) in [5, 5.41) is 3.25. The molecule has 0 saturated carbocycles. The minimum absolute atomic E-state index is 0.113. The van der Waals surface area contributed by atoms with Crippen molar-refractivity contribution >= 4 is 11.4 Å². The van der Waals surface area contributed by atoms with E-state index in [-0.39, 0.29) is 5.56 Å². The van der Waals surface area contributed by atoms with Crippen LogP contribution in [-0.4, -0.2) is 29.7 Å². The van der Waals surface area contributed by atoms with Crippen molar-refractivity contribution in [3.05, 3.63) is 70.1 Å². The number of aromatic nitrogens is 2. The van der Waals surface area contributed by atoms with Crippen LogP contribution in [0.15, 0.2) is 58.3 Å². The Kier molecular flexibility index (Phi) is 5.99. The second-order valence-electron chi connectivity index (χ2n) is 6.43. The highest BCUT2D eigenvalue weighted by Crippen LogP contribution is 2.32. The van der Waals surface area contributed by atoms with E-state index in [1.165, 1.54) is 0 Å². The molecular formula is C22H25N3O3. The molecular weight excluding hydrogens is 354 g/mol. The van der Waals surface area contributed by atoms with Gasteiger partial charge in [-0.25, -0.2) is 9.67 Å². The van der Waals surface area contributed by atoms with Crippen LogP contribution in [0.25, 0.3) is 5.69 Å². The van der Waals surface area contributed by atoms with Crippen LogP contribution in [0.3, 0.4) is 0 Å². The van der Waals surface area contributed by atoms with Gasteiger partial charge in [-0.1, -0.05) is 31.5 Å². The van der Waals surface area contributed by atoms with E-state index < -0.39 is 0 Å². The van der Waals surface area contributed by atoms with Gasteiger partial charge in [0.25, 0.3) is 5.56 Å². The largest absolute Gasteiger partial charge is 0.497 e. The molecule has 6 heteroatoms. The number of hydrogen-bond donors (Lipinski definition) is 1. The number of aromatic amines is 1. The number of ether oxygens (including phenoxy) is 2. The predicted octanol–water partition coefficient (Wildman–Crippen LogP) is 4.28. The molecule has 0 bridgehead atoms. The average molecular weight is 379 g/mol. The lowest BCUT2D eigenvalue weighted by molar-refractivity contribution is 0.404. The molecule has 2 aromatic carbocycles. The Hall–Kier alpha value is -3.28. The smallest absolute Gasteiger partial charge is 0.280 e. The molecule has 1 N–H and O–H groups in total. The van der Waals surface area contributed by atoms with E-state index in [2.05, 4.69) is 12.0 Å². The Morgan fingerprint density at radius 2 is 1.86 bits per heavy atom. The Morgan fingerprint density at radius 3 is 2.50 bits per heavy atom. The molecule has 0 aliphatic heterocycles. The predicted molar refractivity (Wildman–Crippen MR) is 112 cm³/mol. The molecule has 0 unspecified atom stereocenters. The van der Waals surface area contributed by atoms with E-state index in [1.807, 2.05) is 43.3 Å². The third kappa shape index (κ3) is 3.86. The molecule has 3 rings (SSSR count). The van der Waals surface area contributed by atoms with E-state index in [4.69, 9.17) is 14.5 Å². The number of aliphatic imine (C=N–C) groups is 1. The summed E-state index contributed by atoms with van der Waals surface area (Å²) in [4.78, 5) is 17.9. The SMILES string of the molecule is CCCc1[nH]n(-c2ccccc2)c(=O)c1C(C)=Nc1cc(OC)ccc1OC. The number of nitrogens with one attached hydrogen (secondary N) is 1. The summed E-state index contributed by atoms with van der Waals surface area (Å²) in [7, 11) is 3.20. The van der Waals surface area contributed by atoms with Crippen LogP contribution in [0.1, 0.15) is 31.5 Å². The van der Waals surface area contributed by atoms with Crippen molar-refractivity contribution in [2.24, 2.45) is 4.99 Å². The molecule has 0 fully saturated rings. The number of benzene rings is 2. The van der Waals surface area contributed by atoms with Crippen molar-refractivity contribution in [1.82, 2.24) is 9.78 Å². The third-order valence-electron chi connectivity index (χ3n) is 4.52. The third-order valence-corrected chi connectivity index (χ3v) is 4.52. The van der Waals surface area contributed by atoms with E-state index in [9.17, 15) is 4.79 Å². The van der Waals surface area contributed by atoms with Crippen LogP contribution < -0.4 is 15.0 Å². The van der Waals surface area contributed by atoms with Gasteiger partial charge in [-0.05, 0) is 37.6 Å². The highest BCUT2D eigenvalue weighted by Gasteiger charge is 2.18. The fraction of sp³-hybridized carbons (Fsp3) is 0.273. The Labute approximate surface area is 164 Å². The Bertz CT molecular complexity index is 1030. The second-order valence-corrected chi connectivity index (χ2v) is 6.43. The molecule has 146 valence electrons. The maximum atomic E-state index is 13.2. The normalized spacial score (nSPS) is 11.5. The molecule has 0 aliphatic carbocycles. The minimum Gasteiger partial charge on any atom is -0.497 e. The number of methoxy groups -OCH3 is 2. The maximum absolute atomic E-state index is 13.2. The molecule has 0 amide bonds. The first kappa shape index (κ1) is 19.5. The minimum atomic E-state index is -0.113. The maximum Gasteiger partial charge on any atom is 0.280 e. The molecule has 6 nitrogen and oxygen atoms in total. The molecule has 1 aromatic heterocycles. The van der Waals surface area contributed by atoms with Crippen LogP contribution in [0.2, 0.25) is 0 Å². The van der Waals surface area contributed by atoms with Gasteiger partial charge in [0.1, 0.15) is 17.2 Å². The summed E-state index contributed by atoms with van der Waals surface area (Å²) in [6, 6.07) is 14.9. The lowest BCUT2D eigenvalue weighted by Gasteiger charge is -2.08. The number of nitrogens with zero attached hydrogens (tertiary/aromatic N) is 2. The average Bonchev–Trinajstić information content (AvgIpc) is 3.04. The molecule has 1 heterocycles. The van der Waals surface area contributed by atoms with Gasteiger partial charge in [0.15, 0.2) is 0 Å². The van der Waals surface area contributed by atoms with Crippen molar-refractivity contribution < 1.29 is 9.47 Å². The van der Waals surface area contributed by atoms with Gasteiger partial charge < -0.3 is 9.47 Å². The number of para-hydroxylation sites is 1. The molecule has 0 spiro atoms. The first-order chi connectivity index (χ1) is 13.6. The highest BCUT2D eigenvalue weighted by atomic mass is 16.5. The topological polar surface area (TPSA) is 68.6 Å². The summed E-state index contributed by atoms with van der Waals surface area (Å²) < 4.78 is 12.3. The van der Waals surface area contributed by atoms with Crippen molar-refractivity contribution in [3.63, 3.8) is 0 Å². The van der Waals surface area contributed by atoms with Gasteiger partial charge in [0.05, 0.1) is 31.2 Å². The Morgan fingerprint density at radius 1 is 1.11 bits per heavy atom. The van der Waals surface area contributed by atoms with Gasteiger partial charge in [0, 0.05) is 11.8 Å². The first-order valence-electron chi connectivity index (χ1n) is 9.26. The number of aryl methyl sites for hydroxylation is 1. The van der Waals surface area contributed by atoms with E-state index in [1.54, 1.807) is 31.0 Å². The molecule has 3 aromatic rings. The standard InChI is InChI=1S/C22H25N3O3/c1-5-9-18-21(22(26)25(24-18)16-10-7-6-8-11-16)15(2)23-19-14-17(27-3)12-13-20(19)28-4/h6-8,10-14,24H,5,9H2,1-4H3. The van der Waals surface area contributed by atoms with Gasteiger partial charge >= 0.3 is 0 Å². The monoisotopic (exact) mass is 379 g/mol. The van der Waals surface area contributed by atoms with Crippen LogP contribution in [-0.2, 0) is 6.42 Å². The summed E-state index contributed by atoms with van der Waals surface area (Å²) >= 11 is 0. The van der Waals surface area contributed by atoms with Crippen LogP contribution in [0, 0.1) is 0 Å². The lowest BCUT2D eigenvalue weighted by Crippen LogP contribution is -2.19. The second kappa shape index (κ2) is 8.61. The van der Waals surface area contributed by atoms with Crippen LogP contribution in [0.5, 0.6) is 11.5 Å². The number of rotatable bonds is 7. The zero-order chi connectivity index (χ0) is 20.1. The van der Waals surface area contributed by atoms with Gasteiger partial charge in [-0.15, -0.1) is 0 Å². The van der Waals surface area contributed by atoms with Crippen molar-refractivity contribution in [2.45, 2.75) is 26.7 Å². The van der Waals surface area contributed by atoms with Crippen molar-refractivity contribution in [1.29, 1.82) is 0 Å². The van der Waals surface area contributed by atoms with E-state index in [0.29, 0.717) is 28.5 Å². The molecule has 0 radical (unpaired) electrons. The summed E-state index contributed by atoms with van der Waals surface area (Å²) in [5.41, 5.74) is 3.40. The molecule has 0 atom stereocenters. The lowest BCUT2D eigenvalue weighted by atomic mass is 10.1. The van der Waals surface area contributed by atoms with Crippen molar-refractivity contribution in [2.75, 3.05) is 14.2 Å². The fourth-order valence-electron chi connectivity index (χ4n) is 3.17. The summed E-state index contributed by atoms with van der Waals surface area (Å²) in [6.45, 7) is 3.93. The van der Waals surface area contributed by atoms with Gasteiger partial charge in [0.2, 0.25) is 0 Å². The van der Waals surface area contributed by atoms with E-state index >= 15 is 0 Å². The molecule has 0 saturated heterocycles. The summed E-state index contributed by atoms with van der Waals surface area (Å²) in [5.74, 6) is 1.30. The number of H-pyrrole nitrogens is 1. The first-order valence-corrected chi connectivity index (χ1v) is 9.26. The zero-order valence-electron chi connectivity index (χ0n) is 16.7. The van der Waals surface area contributed by atoms with Crippen LogP contribution >= 0.6 is 0 Å². The van der Waals surface area contributed by atoms with Gasteiger partial charge in [-0.2, -0.15) is 0 Å². The van der Waals surface area contributed by atoms with Crippen LogP contribution in [0.4, 0.5) is 5.69 Å². The molecule has 0 aliphatic rings. The van der Waals surface area contributed by atoms with Gasteiger partial charge in [-0.3, -0.25) is 9.89 Å². The highest BCUT2D eigenvalue weighted by molar-refractivity contribution is 6.01. The summed E-state index contributed by atoms with van der Waals surface area (Å²) in [6.07, 6.45) is 1.67. The molecule has 28 heavy (non-hydrogen) atoms. The quantitative estimate of drug-likeness (QED) is 0.623. The fourth-order valence-corrected chi connectivity index (χ4v) is 3.17. The Balaban J connectivity index is 2.14. The van der Waals surface area contributed by atoms with Crippen molar-refractivity contribution in [3.8, 4) is 17.2 Å².